The fourth-order valence-corrected chi connectivity index (χ4v) is 7.71. The van der Waals surface area contributed by atoms with Crippen LogP contribution in [-0.4, -0.2) is 79.9 Å². The van der Waals surface area contributed by atoms with Gasteiger partial charge in [-0.3, -0.25) is 9.20 Å². The van der Waals surface area contributed by atoms with E-state index >= 15 is 0 Å². The lowest BCUT2D eigenvalue weighted by molar-refractivity contribution is 0.215. The zero-order chi connectivity index (χ0) is 30.3. The summed E-state index contributed by atoms with van der Waals surface area (Å²) in [6.45, 7) is 9.27. The second-order valence-electron chi connectivity index (χ2n) is 12.8. The molecule has 11 nitrogen and oxygen atoms in total. The van der Waals surface area contributed by atoms with Crippen molar-refractivity contribution in [2.24, 2.45) is 0 Å². The summed E-state index contributed by atoms with van der Waals surface area (Å²) in [5.41, 5.74) is 3.91. The van der Waals surface area contributed by atoms with Gasteiger partial charge in [0.15, 0.2) is 5.82 Å². The molecule has 4 aromatic rings. The zero-order valence-corrected chi connectivity index (χ0v) is 25.7. The third-order valence-corrected chi connectivity index (χ3v) is 10.1. The third kappa shape index (κ3) is 5.07. The minimum atomic E-state index is -0.268. The Morgan fingerprint density at radius 2 is 1.75 bits per heavy atom. The molecule has 3 aromatic heterocycles. The van der Waals surface area contributed by atoms with Gasteiger partial charge in [-0.05, 0) is 44.2 Å². The van der Waals surface area contributed by atoms with Crippen molar-refractivity contribution in [3.63, 3.8) is 0 Å². The lowest BCUT2D eigenvalue weighted by Crippen LogP contribution is -2.52. The monoisotopic (exact) mass is 595 g/mol. The summed E-state index contributed by atoms with van der Waals surface area (Å²) >= 11 is 0. The van der Waals surface area contributed by atoms with Crippen LogP contribution in [0.4, 0.5) is 16.3 Å². The number of aromatic nitrogens is 5. The van der Waals surface area contributed by atoms with Gasteiger partial charge in [-0.2, -0.15) is 0 Å². The van der Waals surface area contributed by atoms with Crippen LogP contribution in [0.1, 0.15) is 50.3 Å². The standard InChI is InChI=1S/C33H41N9O2/c1-3-9-32(26-7-5-4-6-8-26)10-14-39(22-32)27-20-25(2)42(28(43)21-27)19-18-40-23-33(36-31(40)44)11-15-38(16-12-33)29-30-37-35-24-41(30)17-13-34-29/h4-8,13,17,20-21,24H,3,9-12,14-16,18-19,22-23H2,1-2H3,(H,36,44)/t32-/m1/s1. The van der Waals surface area contributed by atoms with Gasteiger partial charge >= 0.3 is 6.03 Å². The maximum absolute atomic E-state index is 13.4. The molecule has 0 aliphatic carbocycles. The Kier molecular flexibility index (Phi) is 7.26. The first-order valence-corrected chi connectivity index (χ1v) is 15.9. The number of piperidine rings is 1. The molecule has 0 unspecified atom stereocenters. The molecule has 1 aromatic carbocycles. The van der Waals surface area contributed by atoms with E-state index in [1.165, 1.54) is 5.56 Å². The van der Waals surface area contributed by atoms with Crippen molar-refractivity contribution < 1.29 is 4.79 Å². The van der Waals surface area contributed by atoms with E-state index in [1.54, 1.807) is 18.6 Å². The summed E-state index contributed by atoms with van der Waals surface area (Å²) in [5, 5.41) is 11.5. The Bertz CT molecular complexity index is 1710. The number of pyridine rings is 1. The first kappa shape index (κ1) is 28.4. The number of carbonyl (C=O) groups excluding carboxylic acids is 1. The molecular formula is C33H41N9O2. The Morgan fingerprint density at radius 1 is 0.955 bits per heavy atom. The van der Waals surface area contributed by atoms with Gasteiger partial charge in [0.2, 0.25) is 5.65 Å². The van der Waals surface area contributed by atoms with E-state index < -0.39 is 0 Å². The molecule has 6 heterocycles. The number of amides is 2. The largest absolute Gasteiger partial charge is 0.370 e. The van der Waals surface area contributed by atoms with Crippen LogP contribution in [0, 0.1) is 6.92 Å². The SMILES string of the molecule is CCC[C@@]1(c2ccccc2)CCN(c2cc(C)n(CCN3CC4(CCN(c5nccn6cnnc56)CC4)NC3=O)c(=O)c2)C1. The van der Waals surface area contributed by atoms with Crippen LogP contribution in [0.25, 0.3) is 5.65 Å². The predicted octanol–water partition coefficient (Wildman–Crippen LogP) is 3.61. The number of anilines is 2. The summed E-state index contributed by atoms with van der Waals surface area (Å²) in [6.07, 6.45) is 10.3. The van der Waals surface area contributed by atoms with Crippen molar-refractivity contribution >= 4 is 23.2 Å². The van der Waals surface area contributed by atoms with E-state index in [0.29, 0.717) is 19.6 Å². The molecule has 230 valence electrons. The second-order valence-corrected chi connectivity index (χ2v) is 12.8. The highest BCUT2D eigenvalue weighted by molar-refractivity contribution is 5.78. The summed E-state index contributed by atoms with van der Waals surface area (Å²) < 4.78 is 3.68. The van der Waals surface area contributed by atoms with Gasteiger partial charge in [0.1, 0.15) is 6.33 Å². The Morgan fingerprint density at radius 3 is 2.52 bits per heavy atom. The average molecular weight is 596 g/mol. The second kappa shape index (κ2) is 11.3. The number of carbonyl (C=O) groups is 1. The molecule has 7 rings (SSSR count). The predicted molar refractivity (Wildman–Crippen MR) is 170 cm³/mol. The lowest BCUT2D eigenvalue weighted by atomic mass is 9.76. The molecule has 1 spiro atoms. The maximum Gasteiger partial charge on any atom is 0.318 e. The number of rotatable bonds is 8. The van der Waals surface area contributed by atoms with Crippen LogP contribution in [0.15, 0.2) is 66.0 Å². The summed E-state index contributed by atoms with van der Waals surface area (Å²) in [5.74, 6) is 0.823. The highest BCUT2D eigenvalue weighted by Crippen LogP contribution is 2.40. The number of nitrogens with one attached hydrogen (secondary N) is 1. The van der Waals surface area contributed by atoms with Crippen LogP contribution >= 0.6 is 0 Å². The van der Waals surface area contributed by atoms with Crippen LogP contribution in [0.5, 0.6) is 0 Å². The lowest BCUT2D eigenvalue weighted by Gasteiger charge is -2.39. The molecule has 0 saturated carbocycles. The van der Waals surface area contributed by atoms with Crippen LogP contribution in [-0.2, 0) is 12.0 Å². The zero-order valence-electron chi connectivity index (χ0n) is 25.7. The van der Waals surface area contributed by atoms with Gasteiger partial charge in [0, 0.05) is 81.1 Å². The molecule has 0 radical (unpaired) electrons. The van der Waals surface area contributed by atoms with Gasteiger partial charge in [-0.15, -0.1) is 10.2 Å². The Balaban J connectivity index is 0.990. The van der Waals surface area contributed by atoms with Crippen LogP contribution < -0.4 is 20.7 Å². The number of hydrogen-bond donors (Lipinski definition) is 1. The van der Waals surface area contributed by atoms with E-state index in [-0.39, 0.29) is 22.5 Å². The van der Waals surface area contributed by atoms with E-state index in [0.717, 1.165) is 81.1 Å². The molecule has 11 heteroatoms. The van der Waals surface area contributed by atoms with E-state index in [4.69, 9.17) is 0 Å². The number of urea groups is 1. The topological polar surface area (TPSA) is 104 Å². The van der Waals surface area contributed by atoms with Gasteiger partial charge < -0.3 is 24.6 Å². The molecule has 1 N–H and O–H groups in total. The molecular weight excluding hydrogens is 554 g/mol. The minimum absolute atomic E-state index is 0.00881. The van der Waals surface area contributed by atoms with Crippen LogP contribution in [0.2, 0.25) is 0 Å². The Labute approximate surface area is 257 Å². The molecule has 0 bridgehead atoms. The fraction of sp³-hybridized carbons (Fsp3) is 0.485. The van der Waals surface area contributed by atoms with Crippen LogP contribution in [0.3, 0.4) is 0 Å². The smallest absolute Gasteiger partial charge is 0.318 e. The highest BCUT2D eigenvalue weighted by Gasteiger charge is 2.45. The van der Waals surface area contributed by atoms with Crippen molar-refractivity contribution in [3.8, 4) is 0 Å². The molecule has 1 atom stereocenters. The van der Waals surface area contributed by atoms with Gasteiger partial charge in [-0.25, -0.2) is 9.78 Å². The van der Waals surface area contributed by atoms with Gasteiger partial charge in [-0.1, -0.05) is 43.7 Å². The molecule has 2 amide bonds. The van der Waals surface area contributed by atoms with Crippen molar-refractivity contribution in [3.05, 3.63) is 82.8 Å². The average Bonchev–Trinajstić information content (AvgIpc) is 3.76. The molecule has 3 aliphatic rings. The molecule has 3 fully saturated rings. The van der Waals surface area contributed by atoms with Crippen molar-refractivity contribution in [2.75, 3.05) is 49.1 Å². The van der Waals surface area contributed by atoms with E-state index in [9.17, 15) is 9.59 Å². The molecule has 3 saturated heterocycles. The number of aryl methyl sites for hydroxylation is 1. The normalized spacial score (nSPS) is 21.5. The van der Waals surface area contributed by atoms with Crippen molar-refractivity contribution in [1.82, 2.24) is 34.4 Å². The molecule has 3 aliphatic heterocycles. The first-order chi connectivity index (χ1) is 21.4. The summed E-state index contributed by atoms with van der Waals surface area (Å²) in [4.78, 5) is 37.5. The van der Waals surface area contributed by atoms with E-state index in [2.05, 4.69) is 73.6 Å². The minimum Gasteiger partial charge on any atom is -0.370 e. The summed E-state index contributed by atoms with van der Waals surface area (Å²) in [7, 11) is 0. The van der Waals surface area contributed by atoms with E-state index in [1.807, 2.05) is 27.0 Å². The Hall–Kier alpha value is -4.41. The number of nitrogens with zero attached hydrogens (tertiary/aromatic N) is 8. The van der Waals surface area contributed by atoms with Crippen molar-refractivity contribution in [1.29, 1.82) is 0 Å². The first-order valence-electron chi connectivity index (χ1n) is 15.9. The van der Waals surface area contributed by atoms with Gasteiger partial charge in [0.05, 0.1) is 5.54 Å². The summed E-state index contributed by atoms with van der Waals surface area (Å²) in [6, 6.07) is 14.7. The quantitative estimate of drug-likeness (QED) is 0.332. The maximum atomic E-state index is 13.4. The highest BCUT2D eigenvalue weighted by atomic mass is 16.2. The fourth-order valence-electron chi connectivity index (χ4n) is 7.71. The molecule has 44 heavy (non-hydrogen) atoms. The number of hydrogen-bond acceptors (Lipinski definition) is 7. The van der Waals surface area contributed by atoms with Gasteiger partial charge in [0.25, 0.3) is 5.56 Å². The number of benzene rings is 1. The van der Waals surface area contributed by atoms with Crippen molar-refractivity contribution in [2.45, 2.75) is 63.5 Å². The number of fused-ring (bicyclic) bond motifs is 1. The third-order valence-electron chi connectivity index (χ3n) is 10.1.